The zero-order chi connectivity index (χ0) is 22.6. The van der Waals surface area contributed by atoms with Gasteiger partial charge in [-0.2, -0.15) is 0 Å². The quantitative estimate of drug-likeness (QED) is 0.703. The number of para-hydroxylation sites is 1. The van der Waals surface area contributed by atoms with Crippen LogP contribution in [0.15, 0.2) is 48.5 Å². The topological polar surface area (TPSA) is 39.3 Å². The Morgan fingerprint density at radius 2 is 1.61 bits per heavy atom. The number of rotatable bonds is 5. The van der Waals surface area contributed by atoms with Crippen molar-refractivity contribution >= 4 is 17.3 Å². The second-order valence-electron chi connectivity index (χ2n) is 9.68. The van der Waals surface area contributed by atoms with E-state index >= 15 is 0 Å². The molecule has 0 N–H and O–H groups in total. The highest BCUT2D eigenvalue weighted by Crippen LogP contribution is 2.30. The lowest BCUT2D eigenvalue weighted by molar-refractivity contribution is 0.0303. The Balaban J connectivity index is 1.20. The normalized spacial score (nSPS) is 22.1. The number of carbonyl (C=O) groups excluding carboxylic acids is 1. The van der Waals surface area contributed by atoms with Gasteiger partial charge >= 0.3 is 0 Å². The molecule has 3 aliphatic heterocycles. The van der Waals surface area contributed by atoms with Crippen molar-refractivity contribution in [2.45, 2.75) is 12.8 Å². The van der Waals surface area contributed by atoms with E-state index in [1.807, 2.05) is 17.0 Å². The van der Waals surface area contributed by atoms with Gasteiger partial charge in [-0.15, -0.1) is 0 Å². The van der Waals surface area contributed by atoms with Gasteiger partial charge in [0.25, 0.3) is 5.91 Å². The summed E-state index contributed by atoms with van der Waals surface area (Å²) in [5.41, 5.74) is 4.91. The standard InChI is InChI=1S/C27H36N4O2/c1-28-12-14-29(15-13-28)26-5-3-2-4-24(26)20-22-10-11-31(21-22)25-8-6-23(7-9-25)27(32)30-16-18-33-19-17-30/h2-9,22H,10-21H2,1H3. The van der Waals surface area contributed by atoms with Gasteiger partial charge < -0.3 is 24.3 Å². The third-order valence-corrected chi connectivity index (χ3v) is 7.41. The van der Waals surface area contributed by atoms with Crippen LogP contribution in [0.2, 0.25) is 0 Å². The predicted molar refractivity (Wildman–Crippen MR) is 133 cm³/mol. The SMILES string of the molecule is CN1CCN(c2ccccc2CC2CCN(c3ccc(C(=O)N4CCOCC4)cc3)C2)CC1. The van der Waals surface area contributed by atoms with Crippen LogP contribution in [0, 0.1) is 5.92 Å². The minimum absolute atomic E-state index is 0.115. The summed E-state index contributed by atoms with van der Waals surface area (Å²) < 4.78 is 5.37. The fourth-order valence-electron chi connectivity index (χ4n) is 5.35. The number of hydrogen-bond donors (Lipinski definition) is 0. The largest absolute Gasteiger partial charge is 0.378 e. The highest BCUT2D eigenvalue weighted by molar-refractivity contribution is 5.94. The average Bonchev–Trinajstić information content (AvgIpc) is 3.34. The Hall–Kier alpha value is -2.57. The van der Waals surface area contributed by atoms with E-state index in [9.17, 15) is 4.79 Å². The van der Waals surface area contributed by atoms with Gasteiger partial charge in [0.05, 0.1) is 13.2 Å². The Bertz CT molecular complexity index is 933. The molecule has 0 spiro atoms. The van der Waals surface area contributed by atoms with Gasteiger partial charge in [-0.3, -0.25) is 4.79 Å². The van der Waals surface area contributed by atoms with Crippen molar-refractivity contribution in [3.05, 3.63) is 59.7 Å². The summed E-state index contributed by atoms with van der Waals surface area (Å²) >= 11 is 0. The van der Waals surface area contributed by atoms with Crippen molar-refractivity contribution in [2.24, 2.45) is 5.92 Å². The zero-order valence-corrected chi connectivity index (χ0v) is 19.8. The minimum Gasteiger partial charge on any atom is -0.378 e. The molecule has 6 heteroatoms. The average molecular weight is 449 g/mol. The molecule has 2 aromatic carbocycles. The molecule has 0 radical (unpaired) electrons. The van der Waals surface area contributed by atoms with Crippen molar-refractivity contribution in [3.8, 4) is 0 Å². The Morgan fingerprint density at radius 1 is 0.879 bits per heavy atom. The third-order valence-electron chi connectivity index (χ3n) is 7.41. The summed E-state index contributed by atoms with van der Waals surface area (Å²) in [6, 6.07) is 17.2. The van der Waals surface area contributed by atoms with Gasteiger partial charge in [0, 0.05) is 69.3 Å². The molecule has 0 aromatic heterocycles. The van der Waals surface area contributed by atoms with Gasteiger partial charge in [-0.25, -0.2) is 0 Å². The molecule has 0 aliphatic carbocycles. The van der Waals surface area contributed by atoms with E-state index in [2.05, 4.69) is 58.1 Å². The first-order valence-corrected chi connectivity index (χ1v) is 12.4. The van der Waals surface area contributed by atoms with Crippen molar-refractivity contribution in [3.63, 3.8) is 0 Å². The van der Waals surface area contributed by atoms with Crippen LogP contribution in [0.5, 0.6) is 0 Å². The van der Waals surface area contributed by atoms with Crippen molar-refractivity contribution < 1.29 is 9.53 Å². The number of hydrogen-bond acceptors (Lipinski definition) is 5. The van der Waals surface area contributed by atoms with Gasteiger partial charge in [-0.1, -0.05) is 18.2 Å². The smallest absolute Gasteiger partial charge is 0.254 e. The first-order valence-electron chi connectivity index (χ1n) is 12.4. The molecule has 1 amide bonds. The third kappa shape index (κ3) is 5.17. The molecule has 3 heterocycles. The monoisotopic (exact) mass is 448 g/mol. The Labute approximate surface area is 197 Å². The summed E-state index contributed by atoms with van der Waals surface area (Å²) in [5, 5.41) is 0. The van der Waals surface area contributed by atoms with Gasteiger partial charge in [0.2, 0.25) is 0 Å². The highest BCUT2D eigenvalue weighted by Gasteiger charge is 2.26. The van der Waals surface area contributed by atoms with Gasteiger partial charge in [-0.05, 0) is 61.7 Å². The second kappa shape index (κ2) is 10.1. The highest BCUT2D eigenvalue weighted by atomic mass is 16.5. The summed E-state index contributed by atoms with van der Waals surface area (Å²) in [7, 11) is 2.21. The van der Waals surface area contributed by atoms with E-state index < -0.39 is 0 Å². The molecular formula is C27H36N4O2. The van der Waals surface area contributed by atoms with Crippen molar-refractivity contribution in [1.29, 1.82) is 0 Å². The van der Waals surface area contributed by atoms with Crippen LogP contribution in [0.3, 0.4) is 0 Å². The molecule has 6 nitrogen and oxygen atoms in total. The van der Waals surface area contributed by atoms with E-state index in [0.29, 0.717) is 32.2 Å². The number of ether oxygens (including phenoxy) is 1. The van der Waals surface area contributed by atoms with Crippen LogP contribution in [0.4, 0.5) is 11.4 Å². The lowest BCUT2D eigenvalue weighted by Crippen LogP contribution is -2.44. The molecule has 176 valence electrons. The van der Waals surface area contributed by atoms with E-state index in [1.54, 1.807) is 0 Å². The summed E-state index contributed by atoms with van der Waals surface area (Å²) in [6.45, 7) is 9.29. The number of piperazine rings is 1. The number of carbonyl (C=O) groups is 1. The van der Waals surface area contributed by atoms with Crippen LogP contribution in [-0.4, -0.2) is 88.3 Å². The Morgan fingerprint density at radius 3 is 2.36 bits per heavy atom. The molecule has 5 rings (SSSR count). The molecule has 1 unspecified atom stereocenters. The fourth-order valence-corrected chi connectivity index (χ4v) is 5.35. The minimum atomic E-state index is 0.115. The number of morpholine rings is 1. The lowest BCUT2D eigenvalue weighted by Gasteiger charge is -2.35. The Kier molecular flexibility index (Phi) is 6.83. The fraction of sp³-hybridized carbons (Fsp3) is 0.519. The maximum atomic E-state index is 12.7. The van der Waals surface area contributed by atoms with Crippen LogP contribution in [0.1, 0.15) is 22.3 Å². The lowest BCUT2D eigenvalue weighted by atomic mass is 9.96. The van der Waals surface area contributed by atoms with Crippen LogP contribution < -0.4 is 9.80 Å². The molecule has 0 saturated carbocycles. The van der Waals surface area contributed by atoms with Crippen LogP contribution >= 0.6 is 0 Å². The molecule has 3 saturated heterocycles. The first-order chi connectivity index (χ1) is 16.2. The zero-order valence-electron chi connectivity index (χ0n) is 19.8. The number of nitrogens with zero attached hydrogens (tertiary/aromatic N) is 4. The molecule has 0 bridgehead atoms. The van der Waals surface area contributed by atoms with Crippen molar-refractivity contribution in [1.82, 2.24) is 9.80 Å². The van der Waals surface area contributed by atoms with E-state index in [4.69, 9.17) is 4.74 Å². The number of anilines is 2. The summed E-state index contributed by atoms with van der Waals surface area (Å²) in [4.78, 5) is 22.1. The summed E-state index contributed by atoms with van der Waals surface area (Å²) in [6.07, 6.45) is 2.35. The first kappa shape index (κ1) is 22.2. The maximum Gasteiger partial charge on any atom is 0.254 e. The van der Waals surface area contributed by atoms with E-state index in [0.717, 1.165) is 51.3 Å². The number of likely N-dealkylation sites (N-methyl/N-ethyl adjacent to an activating group) is 1. The van der Waals surface area contributed by atoms with E-state index in [-0.39, 0.29) is 5.91 Å². The van der Waals surface area contributed by atoms with E-state index in [1.165, 1.54) is 23.4 Å². The number of benzene rings is 2. The molecule has 3 aliphatic rings. The van der Waals surface area contributed by atoms with Crippen LogP contribution in [0.25, 0.3) is 0 Å². The second-order valence-corrected chi connectivity index (χ2v) is 9.68. The number of amides is 1. The summed E-state index contributed by atoms with van der Waals surface area (Å²) in [5.74, 6) is 0.776. The molecule has 33 heavy (non-hydrogen) atoms. The molecule has 1 atom stereocenters. The maximum absolute atomic E-state index is 12.7. The molecular weight excluding hydrogens is 412 g/mol. The van der Waals surface area contributed by atoms with Gasteiger partial charge in [0.15, 0.2) is 0 Å². The molecule has 2 aromatic rings. The van der Waals surface area contributed by atoms with Crippen molar-refractivity contribution in [2.75, 3.05) is 82.4 Å². The molecule has 3 fully saturated rings. The van der Waals surface area contributed by atoms with Crippen LogP contribution in [-0.2, 0) is 11.2 Å². The van der Waals surface area contributed by atoms with Gasteiger partial charge in [0.1, 0.15) is 0 Å². The predicted octanol–water partition coefficient (Wildman–Crippen LogP) is 2.98.